The van der Waals surface area contributed by atoms with Crippen molar-refractivity contribution >= 4 is 43.1 Å². The molecule has 0 bridgehead atoms. The van der Waals surface area contributed by atoms with E-state index in [0.29, 0.717) is 0 Å². The van der Waals surface area contributed by atoms with Gasteiger partial charge in [0.05, 0.1) is 0 Å². The zero-order chi connectivity index (χ0) is 15.0. The minimum absolute atomic E-state index is 0.111. The average molecular weight is 359 g/mol. The van der Waals surface area contributed by atoms with Crippen LogP contribution in [0.15, 0.2) is 46.9 Å². The maximum absolute atomic E-state index is 12.8. The summed E-state index contributed by atoms with van der Waals surface area (Å²) >= 11 is 5.10. The minimum atomic E-state index is 0.111. The fraction of sp³-hybridized carbons (Fsp3) is 0.167. The van der Waals surface area contributed by atoms with Gasteiger partial charge in [-0.15, -0.1) is 11.3 Å². The Hall–Kier alpha value is -1.45. The first-order valence-corrected chi connectivity index (χ1v) is 8.53. The van der Waals surface area contributed by atoms with Gasteiger partial charge >= 0.3 is 0 Å². The van der Waals surface area contributed by atoms with Crippen LogP contribution in [0.2, 0.25) is 0 Å². The third-order valence-electron chi connectivity index (χ3n) is 3.67. The van der Waals surface area contributed by atoms with Crippen molar-refractivity contribution in [3.63, 3.8) is 0 Å². The summed E-state index contributed by atoms with van der Waals surface area (Å²) in [5.74, 6) is 0.111. The number of thiophene rings is 1. The van der Waals surface area contributed by atoms with E-state index in [9.17, 15) is 4.79 Å². The van der Waals surface area contributed by atoms with E-state index in [2.05, 4.69) is 41.1 Å². The summed E-state index contributed by atoms with van der Waals surface area (Å²) in [7, 11) is 0. The molecule has 1 aromatic heterocycles. The molecular weight excluding hydrogens is 344 g/mol. The van der Waals surface area contributed by atoms with Crippen molar-refractivity contribution in [3.05, 3.63) is 68.5 Å². The van der Waals surface area contributed by atoms with E-state index < -0.39 is 0 Å². The first kappa shape index (κ1) is 14.5. The van der Waals surface area contributed by atoms with Gasteiger partial charge in [0.2, 0.25) is 0 Å². The largest absolute Gasteiger partial charge is 0.289 e. The van der Waals surface area contributed by atoms with Gasteiger partial charge in [-0.25, -0.2) is 0 Å². The van der Waals surface area contributed by atoms with Crippen molar-refractivity contribution in [3.8, 4) is 0 Å². The number of rotatable bonds is 3. The van der Waals surface area contributed by atoms with Gasteiger partial charge in [0.25, 0.3) is 0 Å². The molecule has 3 aromatic rings. The van der Waals surface area contributed by atoms with Crippen LogP contribution in [-0.4, -0.2) is 5.78 Å². The zero-order valence-electron chi connectivity index (χ0n) is 11.9. The molecular formula is C18H15BrOS. The molecule has 3 rings (SSSR count). The first-order chi connectivity index (χ1) is 10.1. The summed E-state index contributed by atoms with van der Waals surface area (Å²) in [6.07, 6.45) is 0.983. The summed E-state index contributed by atoms with van der Waals surface area (Å²) < 4.78 is 2.17. The molecule has 1 heterocycles. The molecule has 1 nitrogen and oxygen atoms in total. The Morgan fingerprint density at radius 3 is 2.52 bits per heavy atom. The standard InChI is InChI=1S/C18H15BrOS/c1-3-12-4-9-16-15(10-12)17(11(2)21-16)18(20)13-5-7-14(19)8-6-13/h4-10H,3H2,1-2H3. The van der Waals surface area contributed by atoms with Crippen LogP contribution >= 0.6 is 27.3 Å². The fourth-order valence-corrected chi connectivity index (χ4v) is 3.82. The first-order valence-electron chi connectivity index (χ1n) is 6.92. The van der Waals surface area contributed by atoms with Gasteiger partial charge in [0.1, 0.15) is 0 Å². The Kier molecular flexibility index (Phi) is 3.96. The van der Waals surface area contributed by atoms with Crippen LogP contribution in [0.25, 0.3) is 10.1 Å². The fourth-order valence-electron chi connectivity index (χ4n) is 2.51. The lowest BCUT2D eigenvalue weighted by Gasteiger charge is -2.03. The molecule has 0 atom stereocenters. The SMILES string of the molecule is CCc1ccc2sc(C)c(C(=O)c3ccc(Br)cc3)c2c1. The Balaban J connectivity index is 2.16. The van der Waals surface area contributed by atoms with Gasteiger partial charge in [-0.2, -0.15) is 0 Å². The number of fused-ring (bicyclic) bond motifs is 1. The van der Waals surface area contributed by atoms with Gasteiger partial charge in [-0.05, 0) is 55.3 Å². The van der Waals surface area contributed by atoms with Gasteiger partial charge in [-0.3, -0.25) is 4.79 Å². The number of ketones is 1. The van der Waals surface area contributed by atoms with E-state index >= 15 is 0 Å². The smallest absolute Gasteiger partial charge is 0.194 e. The van der Waals surface area contributed by atoms with E-state index in [1.54, 1.807) is 11.3 Å². The van der Waals surface area contributed by atoms with Crippen molar-refractivity contribution in [2.75, 3.05) is 0 Å². The molecule has 0 spiro atoms. The molecule has 0 aliphatic carbocycles. The lowest BCUT2D eigenvalue weighted by Crippen LogP contribution is -2.01. The summed E-state index contributed by atoms with van der Waals surface area (Å²) in [5.41, 5.74) is 2.86. The maximum Gasteiger partial charge on any atom is 0.194 e. The normalized spacial score (nSPS) is 11.0. The number of benzene rings is 2. The molecule has 0 saturated heterocycles. The predicted molar refractivity (Wildman–Crippen MR) is 93.5 cm³/mol. The highest BCUT2D eigenvalue weighted by molar-refractivity contribution is 9.10. The quantitative estimate of drug-likeness (QED) is 0.543. The van der Waals surface area contributed by atoms with Crippen molar-refractivity contribution < 1.29 is 4.79 Å². The summed E-state index contributed by atoms with van der Waals surface area (Å²) in [5, 5.41) is 1.09. The molecule has 2 aromatic carbocycles. The van der Waals surface area contributed by atoms with E-state index in [4.69, 9.17) is 0 Å². The van der Waals surface area contributed by atoms with E-state index in [0.717, 1.165) is 32.3 Å². The minimum Gasteiger partial charge on any atom is -0.289 e. The molecule has 0 aliphatic heterocycles. The number of carbonyl (C=O) groups excluding carboxylic acids is 1. The van der Waals surface area contributed by atoms with Gasteiger partial charge in [0.15, 0.2) is 5.78 Å². The topological polar surface area (TPSA) is 17.1 Å². The van der Waals surface area contributed by atoms with Crippen molar-refractivity contribution in [2.24, 2.45) is 0 Å². The predicted octanol–water partition coefficient (Wildman–Crippen LogP) is 5.77. The van der Waals surface area contributed by atoms with Gasteiger partial charge < -0.3 is 0 Å². The molecule has 21 heavy (non-hydrogen) atoms. The van der Waals surface area contributed by atoms with Crippen LogP contribution in [0.4, 0.5) is 0 Å². The van der Waals surface area contributed by atoms with Crippen LogP contribution in [0.1, 0.15) is 33.3 Å². The monoisotopic (exact) mass is 358 g/mol. The second kappa shape index (κ2) is 5.74. The number of hydrogen-bond donors (Lipinski definition) is 0. The van der Waals surface area contributed by atoms with Crippen molar-refractivity contribution in [1.82, 2.24) is 0 Å². The Labute approximate surface area is 136 Å². The number of aryl methyl sites for hydroxylation is 2. The van der Waals surface area contributed by atoms with Crippen molar-refractivity contribution in [1.29, 1.82) is 0 Å². The molecule has 0 N–H and O–H groups in total. The van der Waals surface area contributed by atoms with Crippen LogP contribution in [0, 0.1) is 6.92 Å². The lowest BCUT2D eigenvalue weighted by atomic mass is 9.99. The molecule has 0 aliphatic rings. The van der Waals surface area contributed by atoms with Crippen LogP contribution in [-0.2, 0) is 6.42 Å². The van der Waals surface area contributed by atoms with Crippen LogP contribution in [0.5, 0.6) is 0 Å². The van der Waals surface area contributed by atoms with E-state index in [1.165, 1.54) is 10.3 Å². The summed E-state index contributed by atoms with van der Waals surface area (Å²) in [4.78, 5) is 13.9. The second-order valence-electron chi connectivity index (χ2n) is 5.05. The molecule has 0 unspecified atom stereocenters. The number of halogens is 1. The third-order valence-corrected chi connectivity index (χ3v) is 5.29. The molecule has 0 fully saturated rings. The summed E-state index contributed by atoms with van der Waals surface area (Å²) in [6, 6.07) is 14.0. The molecule has 0 amide bonds. The molecule has 3 heteroatoms. The Bertz CT molecular complexity index is 815. The number of hydrogen-bond acceptors (Lipinski definition) is 2. The Morgan fingerprint density at radius 2 is 1.86 bits per heavy atom. The van der Waals surface area contributed by atoms with Gasteiger partial charge in [0, 0.05) is 30.6 Å². The maximum atomic E-state index is 12.8. The summed E-state index contributed by atoms with van der Waals surface area (Å²) in [6.45, 7) is 4.17. The van der Waals surface area contributed by atoms with Crippen LogP contribution in [0.3, 0.4) is 0 Å². The van der Waals surface area contributed by atoms with E-state index in [-0.39, 0.29) is 5.78 Å². The third kappa shape index (κ3) is 2.68. The molecule has 0 saturated carbocycles. The van der Waals surface area contributed by atoms with Gasteiger partial charge in [-0.1, -0.05) is 28.9 Å². The number of carbonyl (C=O) groups is 1. The molecule has 106 valence electrons. The Morgan fingerprint density at radius 1 is 1.14 bits per heavy atom. The average Bonchev–Trinajstić information content (AvgIpc) is 2.82. The van der Waals surface area contributed by atoms with Crippen molar-refractivity contribution in [2.45, 2.75) is 20.3 Å². The highest BCUT2D eigenvalue weighted by Gasteiger charge is 2.18. The van der Waals surface area contributed by atoms with E-state index in [1.807, 2.05) is 31.2 Å². The molecule has 0 radical (unpaired) electrons. The highest BCUT2D eigenvalue weighted by Crippen LogP contribution is 2.33. The zero-order valence-corrected chi connectivity index (χ0v) is 14.3. The second-order valence-corrected chi connectivity index (χ2v) is 7.23. The lowest BCUT2D eigenvalue weighted by molar-refractivity contribution is 0.104. The van der Waals surface area contributed by atoms with Crippen LogP contribution < -0.4 is 0 Å². The highest BCUT2D eigenvalue weighted by atomic mass is 79.9.